The van der Waals surface area contributed by atoms with Gasteiger partial charge >= 0.3 is 0 Å². The van der Waals surface area contributed by atoms with Crippen LogP contribution >= 0.6 is 0 Å². The minimum absolute atomic E-state index is 0.0254. The molecule has 2 N–H and O–H groups in total. The van der Waals surface area contributed by atoms with Gasteiger partial charge in [0, 0.05) is 13.6 Å². The van der Waals surface area contributed by atoms with Crippen molar-refractivity contribution in [2.75, 3.05) is 25.9 Å². The van der Waals surface area contributed by atoms with Gasteiger partial charge in [-0.2, -0.15) is 0 Å². The topological polar surface area (TPSA) is 55.6 Å². The van der Waals surface area contributed by atoms with Crippen molar-refractivity contribution in [3.05, 3.63) is 23.8 Å². The fourth-order valence-electron chi connectivity index (χ4n) is 1.23. The monoisotopic (exact) mass is 222 g/mol. The Morgan fingerprint density at radius 2 is 2.19 bits per heavy atom. The molecular formula is C12H18N2O2. The largest absolute Gasteiger partial charge is 0.482 e. The van der Waals surface area contributed by atoms with Gasteiger partial charge in [0.05, 0.1) is 5.69 Å². The molecular weight excluding hydrogens is 204 g/mol. The van der Waals surface area contributed by atoms with Crippen molar-refractivity contribution in [3.63, 3.8) is 0 Å². The average molecular weight is 222 g/mol. The SMILES string of the molecule is CCN(C)C(=O)COc1ccc(C)cc1N. The highest BCUT2D eigenvalue weighted by molar-refractivity contribution is 5.77. The highest BCUT2D eigenvalue weighted by Gasteiger charge is 2.08. The summed E-state index contributed by atoms with van der Waals surface area (Å²) in [4.78, 5) is 13.1. The van der Waals surface area contributed by atoms with Crippen molar-refractivity contribution in [3.8, 4) is 5.75 Å². The highest BCUT2D eigenvalue weighted by atomic mass is 16.5. The van der Waals surface area contributed by atoms with Crippen LogP contribution in [0.15, 0.2) is 18.2 Å². The van der Waals surface area contributed by atoms with E-state index in [-0.39, 0.29) is 12.5 Å². The van der Waals surface area contributed by atoms with E-state index in [0.29, 0.717) is 18.0 Å². The minimum atomic E-state index is -0.0533. The summed E-state index contributed by atoms with van der Waals surface area (Å²) < 4.78 is 5.36. The van der Waals surface area contributed by atoms with E-state index >= 15 is 0 Å². The molecule has 0 saturated heterocycles. The number of carbonyl (C=O) groups is 1. The second kappa shape index (κ2) is 5.39. The Labute approximate surface area is 96.0 Å². The molecule has 4 heteroatoms. The summed E-state index contributed by atoms with van der Waals surface area (Å²) >= 11 is 0. The molecule has 0 radical (unpaired) electrons. The molecule has 0 fully saturated rings. The Morgan fingerprint density at radius 3 is 2.75 bits per heavy atom. The van der Waals surface area contributed by atoms with E-state index in [0.717, 1.165) is 5.56 Å². The van der Waals surface area contributed by atoms with Crippen LogP contribution < -0.4 is 10.5 Å². The molecule has 0 spiro atoms. The maximum atomic E-state index is 11.5. The second-order valence-corrected chi connectivity index (χ2v) is 3.74. The van der Waals surface area contributed by atoms with Crippen molar-refractivity contribution in [2.45, 2.75) is 13.8 Å². The number of anilines is 1. The Kier molecular flexibility index (Phi) is 4.17. The van der Waals surface area contributed by atoms with Gasteiger partial charge in [-0.05, 0) is 31.5 Å². The summed E-state index contributed by atoms with van der Waals surface area (Å²) in [5.41, 5.74) is 7.40. The lowest BCUT2D eigenvalue weighted by molar-refractivity contribution is -0.131. The van der Waals surface area contributed by atoms with Crippen LogP contribution in [-0.2, 0) is 4.79 Å². The van der Waals surface area contributed by atoms with Gasteiger partial charge < -0.3 is 15.4 Å². The van der Waals surface area contributed by atoms with E-state index in [1.54, 1.807) is 18.0 Å². The molecule has 0 aromatic heterocycles. The van der Waals surface area contributed by atoms with Crippen LogP contribution in [-0.4, -0.2) is 31.0 Å². The summed E-state index contributed by atoms with van der Waals surface area (Å²) in [5.74, 6) is 0.505. The molecule has 1 amide bonds. The van der Waals surface area contributed by atoms with Crippen LogP contribution in [0.5, 0.6) is 5.75 Å². The third-order valence-corrected chi connectivity index (χ3v) is 2.42. The van der Waals surface area contributed by atoms with Gasteiger partial charge in [-0.15, -0.1) is 0 Å². The van der Waals surface area contributed by atoms with Crippen molar-refractivity contribution in [1.82, 2.24) is 4.90 Å². The summed E-state index contributed by atoms with van der Waals surface area (Å²) in [5, 5.41) is 0. The smallest absolute Gasteiger partial charge is 0.260 e. The second-order valence-electron chi connectivity index (χ2n) is 3.74. The lowest BCUT2D eigenvalue weighted by Gasteiger charge is -2.15. The number of likely N-dealkylation sites (N-methyl/N-ethyl adjacent to an activating group) is 1. The fourth-order valence-corrected chi connectivity index (χ4v) is 1.23. The van der Waals surface area contributed by atoms with Gasteiger partial charge in [0.15, 0.2) is 6.61 Å². The third kappa shape index (κ3) is 3.15. The molecule has 88 valence electrons. The van der Waals surface area contributed by atoms with E-state index < -0.39 is 0 Å². The zero-order valence-corrected chi connectivity index (χ0v) is 9.99. The maximum absolute atomic E-state index is 11.5. The predicted molar refractivity (Wildman–Crippen MR) is 64.4 cm³/mol. The van der Waals surface area contributed by atoms with E-state index in [1.807, 2.05) is 26.0 Å². The average Bonchev–Trinajstić information content (AvgIpc) is 2.26. The van der Waals surface area contributed by atoms with Crippen LogP contribution in [0.3, 0.4) is 0 Å². The summed E-state index contributed by atoms with van der Waals surface area (Å²) in [7, 11) is 1.74. The molecule has 16 heavy (non-hydrogen) atoms. The van der Waals surface area contributed by atoms with Gasteiger partial charge in [0.2, 0.25) is 0 Å². The van der Waals surface area contributed by atoms with E-state index in [4.69, 9.17) is 10.5 Å². The third-order valence-electron chi connectivity index (χ3n) is 2.42. The molecule has 0 atom stereocenters. The first kappa shape index (κ1) is 12.4. The van der Waals surface area contributed by atoms with Gasteiger partial charge in [0.1, 0.15) is 5.75 Å². The Bertz CT molecular complexity index is 377. The molecule has 0 aliphatic heterocycles. The molecule has 1 aromatic rings. The van der Waals surface area contributed by atoms with E-state index in [2.05, 4.69) is 0 Å². The molecule has 1 aromatic carbocycles. The molecule has 0 bridgehead atoms. The number of nitrogens with two attached hydrogens (primary N) is 1. The standard InChI is InChI=1S/C12H18N2O2/c1-4-14(3)12(15)8-16-11-6-5-9(2)7-10(11)13/h5-7H,4,8,13H2,1-3H3. The first-order valence-corrected chi connectivity index (χ1v) is 5.27. The summed E-state index contributed by atoms with van der Waals surface area (Å²) in [6.45, 7) is 4.57. The van der Waals surface area contributed by atoms with Crippen molar-refractivity contribution < 1.29 is 9.53 Å². The van der Waals surface area contributed by atoms with Gasteiger partial charge in [-0.3, -0.25) is 4.79 Å². The Morgan fingerprint density at radius 1 is 1.50 bits per heavy atom. The molecule has 0 unspecified atom stereocenters. The quantitative estimate of drug-likeness (QED) is 0.784. The lowest BCUT2D eigenvalue weighted by Crippen LogP contribution is -2.31. The number of hydrogen-bond acceptors (Lipinski definition) is 3. The number of benzene rings is 1. The normalized spacial score (nSPS) is 9.94. The van der Waals surface area contributed by atoms with Gasteiger partial charge in [0.25, 0.3) is 5.91 Å². The molecule has 0 aliphatic carbocycles. The van der Waals surface area contributed by atoms with E-state index in [9.17, 15) is 4.79 Å². The van der Waals surface area contributed by atoms with Crippen LogP contribution in [0.25, 0.3) is 0 Å². The van der Waals surface area contributed by atoms with E-state index in [1.165, 1.54) is 0 Å². The number of nitrogen functional groups attached to an aromatic ring is 1. The Hall–Kier alpha value is -1.71. The molecule has 0 saturated carbocycles. The molecule has 0 heterocycles. The van der Waals surface area contributed by atoms with Crippen molar-refractivity contribution in [2.24, 2.45) is 0 Å². The summed E-state index contributed by atoms with van der Waals surface area (Å²) in [6.07, 6.45) is 0. The Balaban J connectivity index is 2.58. The first-order chi connectivity index (χ1) is 7.54. The van der Waals surface area contributed by atoms with Crippen LogP contribution in [0, 0.1) is 6.92 Å². The number of hydrogen-bond donors (Lipinski definition) is 1. The van der Waals surface area contributed by atoms with Crippen LogP contribution in [0.1, 0.15) is 12.5 Å². The number of rotatable bonds is 4. The number of aryl methyl sites for hydroxylation is 1. The minimum Gasteiger partial charge on any atom is -0.482 e. The number of carbonyl (C=O) groups excluding carboxylic acids is 1. The summed E-state index contributed by atoms with van der Waals surface area (Å²) in [6, 6.07) is 5.51. The van der Waals surface area contributed by atoms with Gasteiger partial charge in [-0.1, -0.05) is 6.07 Å². The molecule has 1 rings (SSSR count). The first-order valence-electron chi connectivity index (χ1n) is 5.27. The lowest BCUT2D eigenvalue weighted by atomic mass is 10.2. The predicted octanol–water partition coefficient (Wildman–Crippen LogP) is 1.43. The van der Waals surface area contributed by atoms with Crippen molar-refractivity contribution in [1.29, 1.82) is 0 Å². The van der Waals surface area contributed by atoms with Crippen LogP contribution in [0.4, 0.5) is 5.69 Å². The zero-order chi connectivity index (χ0) is 12.1. The fraction of sp³-hybridized carbons (Fsp3) is 0.417. The molecule has 0 aliphatic rings. The van der Waals surface area contributed by atoms with Crippen LogP contribution in [0.2, 0.25) is 0 Å². The number of amides is 1. The number of nitrogens with zero attached hydrogens (tertiary/aromatic N) is 1. The highest BCUT2D eigenvalue weighted by Crippen LogP contribution is 2.21. The number of ether oxygens (including phenoxy) is 1. The van der Waals surface area contributed by atoms with Crippen molar-refractivity contribution >= 4 is 11.6 Å². The van der Waals surface area contributed by atoms with Gasteiger partial charge in [-0.25, -0.2) is 0 Å². The zero-order valence-electron chi connectivity index (χ0n) is 9.99. The molecule has 4 nitrogen and oxygen atoms in total. The maximum Gasteiger partial charge on any atom is 0.260 e.